The lowest BCUT2D eigenvalue weighted by Gasteiger charge is -2.37. The zero-order valence-corrected chi connectivity index (χ0v) is 17.0. The van der Waals surface area contributed by atoms with E-state index in [0.717, 1.165) is 61.2 Å². The normalized spacial score (nSPS) is 27.6. The molecule has 1 aromatic carbocycles. The number of ether oxygens (including phenoxy) is 2. The predicted octanol–water partition coefficient (Wildman–Crippen LogP) is 2.75. The van der Waals surface area contributed by atoms with Gasteiger partial charge < -0.3 is 19.7 Å². The van der Waals surface area contributed by atoms with E-state index in [1.807, 2.05) is 24.3 Å². The minimum Gasteiger partial charge on any atom is -0.497 e. The minimum absolute atomic E-state index is 0.632. The lowest BCUT2D eigenvalue weighted by Crippen LogP contribution is -2.54. The topological polar surface area (TPSA) is 37.0 Å². The molecule has 27 heavy (non-hydrogen) atoms. The second kappa shape index (κ2) is 8.65. The van der Waals surface area contributed by atoms with Crippen LogP contribution in [0.1, 0.15) is 25.7 Å². The lowest BCUT2D eigenvalue weighted by atomic mass is 9.95. The molecule has 4 rings (SSSR count). The lowest BCUT2D eigenvalue weighted by molar-refractivity contribution is 0.152. The molecule has 0 spiro atoms. The van der Waals surface area contributed by atoms with Crippen LogP contribution in [0.2, 0.25) is 0 Å². The van der Waals surface area contributed by atoms with Crippen LogP contribution in [0.5, 0.6) is 11.5 Å². The van der Waals surface area contributed by atoms with Gasteiger partial charge in [-0.25, -0.2) is 0 Å². The molecule has 1 saturated heterocycles. The molecule has 6 heteroatoms. The number of rotatable bonds is 6. The fourth-order valence-electron chi connectivity index (χ4n) is 4.81. The van der Waals surface area contributed by atoms with Crippen molar-refractivity contribution < 1.29 is 9.47 Å². The first kappa shape index (κ1) is 18.8. The number of methoxy groups -OCH3 is 1. The number of nitrogens with zero attached hydrogens (tertiary/aromatic N) is 2. The van der Waals surface area contributed by atoms with Gasteiger partial charge in [-0.1, -0.05) is 6.42 Å². The van der Waals surface area contributed by atoms with Gasteiger partial charge in [0.25, 0.3) is 0 Å². The molecule has 0 aromatic heterocycles. The molecule has 1 N–H and O–H groups in total. The number of hydrogen-bond acceptors (Lipinski definition) is 4. The Morgan fingerprint density at radius 1 is 1.07 bits per heavy atom. The molecular weight excluding hydrogens is 358 g/mol. The highest BCUT2D eigenvalue weighted by Crippen LogP contribution is 2.44. The summed E-state index contributed by atoms with van der Waals surface area (Å²) in [7, 11) is 1.68. The molecule has 1 aliphatic heterocycles. The molecule has 0 amide bonds. The number of fused-ring (bicyclic) bond motifs is 2. The molecule has 148 valence electrons. The third kappa shape index (κ3) is 4.66. The molecule has 3 atom stereocenters. The van der Waals surface area contributed by atoms with Crippen molar-refractivity contribution in [1.82, 2.24) is 15.1 Å². The first-order chi connectivity index (χ1) is 13.2. The molecule has 5 nitrogen and oxygen atoms in total. The SMILES string of the molecule is COc1ccc(OCCN2CCN(C(=S)N[C@H]3C[C@H]4CC[C@@H]3C4)CC2)cc1. The van der Waals surface area contributed by atoms with Crippen LogP contribution >= 0.6 is 12.2 Å². The van der Waals surface area contributed by atoms with Gasteiger partial charge in [0.15, 0.2) is 5.11 Å². The van der Waals surface area contributed by atoms with Crippen molar-refractivity contribution in [3.05, 3.63) is 24.3 Å². The average molecular weight is 390 g/mol. The number of thiocarbonyl (C=S) groups is 1. The van der Waals surface area contributed by atoms with Crippen LogP contribution in [0.3, 0.4) is 0 Å². The molecule has 3 fully saturated rings. The number of nitrogens with one attached hydrogen (secondary N) is 1. The maximum atomic E-state index is 5.85. The maximum Gasteiger partial charge on any atom is 0.169 e. The van der Waals surface area contributed by atoms with Gasteiger partial charge >= 0.3 is 0 Å². The first-order valence-electron chi connectivity index (χ1n) is 10.3. The molecule has 1 heterocycles. The van der Waals surface area contributed by atoms with Crippen LogP contribution in [-0.2, 0) is 0 Å². The van der Waals surface area contributed by atoms with Crippen LogP contribution < -0.4 is 14.8 Å². The monoisotopic (exact) mass is 389 g/mol. The van der Waals surface area contributed by atoms with E-state index in [1.54, 1.807) is 7.11 Å². The molecule has 0 radical (unpaired) electrons. The number of benzene rings is 1. The van der Waals surface area contributed by atoms with Crippen LogP contribution in [0.4, 0.5) is 0 Å². The summed E-state index contributed by atoms with van der Waals surface area (Å²) >= 11 is 5.70. The number of piperazine rings is 1. The van der Waals surface area contributed by atoms with Crippen molar-refractivity contribution in [2.75, 3.05) is 46.4 Å². The van der Waals surface area contributed by atoms with Gasteiger partial charge in [0.05, 0.1) is 7.11 Å². The largest absolute Gasteiger partial charge is 0.497 e. The quantitative estimate of drug-likeness (QED) is 0.754. The smallest absolute Gasteiger partial charge is 0.169 e. The Hall–Kier alpha value is -1.53. The van der Waals surface area contributed by atoms with Crippen LogP contribution in [-0.4, -0.2) is 67.4 Å². The summed E-state index contributed by atoms with van der Waals surface area (Å²) in [5.41, 5.74) is 0. The van der Waals surface area contributed by atoms with Crippen LogP contribution in [0.25, 0.3) is 0 Å². The van der Waals surface area contributed by atoms with Crippen molar-refractivity contribution in [3.63, 3.8) is 0 Å². The summed E-state index contributed by atoms with van der Waals surface area (Å²) in [5.74, 6) is 3.57. The molecule has 0 unspecified atom stereocenters. The van der Waals surface area contributed by atoms with E-state index in [2.05, 4.69) is 15.1 Å². The standard InChI is InChI=1S/C21H31N3O2S/c1-25-18-4-6-19(7-5-18)26-13-12-23-8-10-24(11-9-23)21(27)22-20-15-16-2-3-17(20)14-16/h4-7,16-17,20H,2-3,8-15H2,1H3,(H,22,27)/t16-,17+,20-/m0/s1. The Bertz CT molecular complexity index is 631. The van der Waals surface area contributed by atoms with E-state index in [9.17, 15) is 0 Å². The van der Waals surface area contributed by atoms with Gasteiger partial charge in [-0.3, -0.25) is 4.90 Å². The van der Waals surface area contributed by atoms with Gasteiger partial charge in [-0.05, 0) is 67.6 Å². The summed E-state index contributed by atoms with van der Waals surface area (Å²) in [6.45, 7) is 5.77. The fourth-order valence-corrected chi connectivity index (χ4v) is 5.14. The molecule has 2 aliphatic carbocycles. The Balaban J connectivity index is 1.14. The zero-order chi connectivity index (χ0) is 18.6. The van der Waals surface area contributed by atoms with E-state index in [0.29, 0.717) is 12.6 Å². The molecular formula is C21H31N3O2S. The van der Waals surface area contributed by atoms with Crippen molar-refractivity contribution in [2.24, 2.45) is 11.8 Å². The van der Waals surface area contributed by atoms with Crippen molar-refractivity contribution in [2.45, 2.75) is 31.7 Å². The van der Waals surface area contributed by atoms with E-state index in [1.165, 1.54) is 25.7 Å². The van der Waals surface area contributed by atoms with Crippen molar-refractivity contribution in [3.8, 4) is 11.5 Å². The van der Waals surface area contributed by atoms with Gasteiger partial charge in [0, 0.05) is 38.8 Å². The Morgan fingerprint density at radius 2 is 1.81 bits per heavy atom. The summed E-state index contributed by atoms with van der Waals surface area (Å²) in [4.78, 5) is 4.81. The second-order valence-corrected chi connectivity index (χ2v) is 8.47. The molecule has 1 aromatic rings. The van der Waals surface area contributed by atoms with Crippen molar-refractivity contribution >= 4 is 17.3 Å². The first-order valence-corrected chi connectivity index (χ1v) is 10.7. The minimum atomic E-state index is 0.632. The van der Waals surface area contributed by atoms with E-state index < -0.39 is 0 Å². The zero-order valence-electron chi connectivity index (χ0n) is 16.2. The highest BCUT2D eigenvalue weighted by Gasteiger charge is 2.40. The fraction of sp³-hybridized carbons (Fsp3) is 0.667. The van der Waals surface area contributed by atoms with E-state index >= 15 is 0 Å². The van der Waals surface area contributed by atoms with E-state index in [4.69, 9.17) is 21.7 Å². The molecule has 2 bridgehead atoms. The summed E-state index contributed by atoms with van der Waals surface area (Å²) < 4.78 is 11.0. The maximum absolute atomic E-state index is 5.85. The summed E-state index contributed by atoms with van der Waals surface area (Å²) in [5, 5.41) is 4.65. The molecule has 3 aliphatic rings. The van der Waals surface area contributed by atoms with Crippen LogP contribution in [0.15, 0.2) is 24.3 Å². The number of hydrogen-bond donors (Lipinski definition) is 1. The highest BCUT2D eigenvalue weighted by atomic mass is 32.1. The Morgan fingerprint density at radius 3 is 2.44 bits per heavy atom. The van der Waals surface area contributed by atoms with Crippen LogP contribution in [0, 0.1) is 11.8 Å². The molecule has 2 saturated carbocycles. The highest BCUT2D eigenvalue weighted by molar-refractivity contribution is 7.80. The van der Waals surface area contributed by atoms with Gasteiger partial charge in [0.2, 0.25) is 0 Å². The third-order valence-electron chi connectivity index (χ3n) is 6.44. The average Bonchev–Trinajstić information content (AvgIpc) is 3.32. The van der Waals surface area contributed by atoms with Gasteiger partial charge in [-0.2, -0.15) is 0 Å². The Kier molecular flexibility index (Phi) is 6.03. The predicted molar refractivity (Wildman–Crippen MR) is 111 cm³/mol. The Labute approximate surface area is 168 Å². The third-order valence-corrected chi connectivity index (χ3v) is 6.82. The summed E-state index contributed by atoms with van der Waals surface area (Å²) in [6.07, 6.45) is 5.58. The van der Waals surface area contributed by atoms with Gasteiger partial charge in [0.1, 0.15) is 18.1 Å². The van der Waals surface area contributed by atoms with Gasteiger partial charge in [-0.15, -0.1) is 0 Å². The summed E-state index contributed by atoms with van der Waals surface area (Å²) in [6, 6.07) is 8.40. The second-order valence-electron chi connectivity index (χ2n) is 8.08. The van der Waals surface area contributed by atoms with Crippen molar-refractivity contribution in [1.29, 1.82) is 0 Å². The van der Waals surface area contributed by atoms with E-state index in [-0.39, 0.29) is 0 Å².